The van der Waals surface area contributed by atoms with Crippen molar-refractivity contribution < 1.29 is 5.11 Å². The van der Waals surface area contributed by atoms with Gasteiger partial charge in [0.2, 0.25) is 0 Å². The van der Waals surface area contributed by atoms with Crippen LogP contribution in [0.15, 0.2) is 0 Å². The first kappa shape index (κ1) is 14.9. The number of hydrogen-bond donors (Lipinski definition) is 2. The third-order valence-electron chi connectivity index (χ3n) is 2.74. The van der Waals surface area contributed by atoms with E-state index in [2.05, 4.69) is 33.0 Å². The Morgan fingerprint density at radius 3 is 2.27 bits per heavy atom. The Morgan fingerprint density at radius 1 is 1.13 bits per heavy atom. The van der Waals surface area contributed by atoms with Gasteiger partial charge in [0.1, 0.15) is 0 Å². The highest BCUT2D eigenvalue weighted by atomic mass is 16.3. The Kier molecular flexibility index (Phi) is 9.12. The molecule has 0 fully saturated rings. The summed E-state index contributed by atoms with van der Waals surface area (Å²) in [5.74, 6) is 0.650. The lowest BCUT2D eigenvalue weighted by Gasteiger charge is -2.23. The molecule has 0 aromatic heterocycles. The molecule has 2 N–H and O–H groups in total. The van der Waals surface area contributed by atoms with Gasteiger partial charge in [0.05, 0.1) is 6.61 Å². The van der Waals surface area contributed by atoms with Crippen LogP contribution in [0.25, 0.3) is 0 Å². The van der Waals surface area contributed by atoms with Crippen LogP contribution in [0.2, 0.25) is 0 Å². The molecule has 92 valence electrons. The molecule has 0 heterocycles. The lowest BCUT2D eigenvalue weighted by Crippen LogP contribution is -2.39. The molecule has 0 spiro atoms. The first-order valence-electron chi connectivity index (χ1n) is 6.47. The van der Waals surface area contributed by atoms with E-state index < -0.39 is 0 Å². The van der Waals surface area contributed by atoms with E-state index in [1.807, 2.05) is 0 Å². The van der Waals surface area contributed by atoms with Gasteiger partial charge in [0.15, 0.2) is 0 Å². The average molecular weight is 215 g/mol. The Balaban J connectivity index is 3.65. The van der Waals surface area contributed by atoms with Crippen molar-refractivity contribution in [3.05, 3.63) is 0 Å². The van der Waals surface area contributed by atoms with Gasteiger partial charge in [-0.25, -0.2) is 0 Å². The fraction of sp³-hybridized carbons (Fsp3) is 1.00. The third kappa shape index (κ3) is 8.88. The van der Waals surface area contributed by atoms with Crippen molar-refractivity contribution in [3.63, 3.8) is 0 Å². The lowest BCUT2D eigenvalue weighted by atomic mass is 10.0. The highest BCUT2D eigenvalue weighted by Crippen LogP contribution is 2.08. The van der Waals surface area contributed by atoms with Crippen molar-refractivity contribution >= 4 is 0 Å². The molecule has 0 saturated carbocycles. The first-order chi connectivity index (χ1) is 7.10. The van der Waals surface area contributed by atoms with Gasteiger partial charge in [0, 0.05) is 12.1 Å². The van der Waals surface area contributed by atoms with E-state index in [0.717, 1.165) is 6.42 Å². The van der Waals surface area contributed by atoms with Gasteiger partial charge >= 0.3 is 0 Å². The topological polar surface area (TPSA) is 32.3 Å². The van der Waals surface area contributed by atoms with Crippen molar-refractivity contribution in [1.29, 1.82) is 0 Å². The van der Waals surface area contributed by atoms with Crippen LogP contribution in [0.3, 0.4) is 0 Å². The normalized spacial score (nSPS) is 15.6. The van der Waals surface area contributed by atoms with E-state index >= 15 is 0 Å². The van der Waals surface area contributed by atoms with E-state index in [9.17, 15) is 5.11 Å². The molecule has 0 radical (unpaired) electrons. The van der Waals surface area contributed by atoms with Gasteiger partial charge in [-0.05, 0) is 25.7 Å². The number of nitrogens with one attached hydrogen (secondary N) is 1. The second kappa shape index (κ2) is 9.17. The van der Waals surface area contributed by atoms with Crippen molar-refractivity contribution in [2.24, 2.45) is 5.92 Å². The van der Waals surface area contributed by atoms with Crippen LogP contribution in [0.5, 0.6) is 0 Å². The maximum absolute atomic E-state index is 9.23. The Labute approximate surface area is 95.5 Å². The Hall–Kier alpha value is -0.0800. The minimum Gasteiger partial charge on any atom is -0.395 e. The number of unbranched alkanes of at least 4 members (excludes halogenated alkanes) is 2. The molecule has 0 bridgehead atoms. The molecular weight excluding hydrogens is 186 g/mol. The second-order valence-electron chi connectivity index (χ2n) is 5.07. The van der Waals surface area contributed by atoms with Gasteiger partial charge in [-0.1, -0.05) is 40.0 Å². The molecule has 0 rings (SSSR count). The fourth-order valence-electron chi connectivity index (χ4n) is 1.95. The van der Waals surface area contributed by atoms with Gasteiger partial charge < -0.3 is 10.4 Å². The summed E-state index contributed by atoms with van der Waals surface area (Å²) in [6, 6.07) is 0.814. The molecule has 0 aliphatic carbocycles. The zero-order valence-corrected chi connectivity index (χ0v) is 10.9. The largest absolute Gasteiger partial charge is 0.395 e. The molecule has 0 aromatic carbocycles. The average Bonchev–Trinajstić information content (AvgIpc) is 2.16. The smallest absolute Gasteiger partial charge is 0.0584 e. The molecule has 2 heteroatoms. The number of hydrogen-bond acceptors (Lipinski definition) is 2. The highest BCUT2D eigenvalue weighted by molar-refractivity contribution is 4.72. The molecular formula is C13H29NO. The minimum absolute atomic E-state index is 0.260. The molecule has 2 nitrogen and oxygen atoms in total. The SMILES string of the molecule is CCCCC[C@H](C)N[C@@H](CO)CC(C)C. The van der Waals surface area contributed by atoms with Crippen LogP contribution in [0.1, 0.15) is 59.8 Å². The summed E-state index contributed by atoms with van der Waals surface area (Å²) in [7, 11) is 0. The van der Waals surface area contributed by atoms with Crippen LogP contribution in [0, 0.1) is 5.92 Å². The summed E-state index contributed by atoms with van der Waals surface area (Å²) >= 11 is 0. The first-order valence-corrected chi connectivity index (χ1v) is 6.47. The summed E-state index contributed by atoms with van der Waals surface area (Å²) in [6.45, 7) is 9.11. The van der Waals surface area contributed by atoms with Crippen LogP contribution in [0.4, 0.5) is 0 Å². The summed E-state index contributed by atoms with van der Waals surface area (Å²) in [5, 5.41) is 12.7. The molecule has 0 aliphatic heterocycles. The molecule has 0 amide bonds. The summed E-state index contributed by atoms with van der Waals surface area (Å²) in [5.41, 5.74) is 0. The Morgan fingerprint density at radius 2 is 1.80 bits per heavy atom. The molecule has 0 aromatic rings. The van der Waals surface area contributed by atoms with Gasteiger partial charge in [-0.3, -0.25) is 0 Å². The van der Waals surface area contributed by atoms with Crippen molar-refractivity contribution in [2.75, 3.05) is 6.61 Å². The van der Waals surface area contributed by atoms with Crippen LogP contribution in [-0.2, 0) is 0 Å². The zero-order chi connectivity index (χ0) is 11.7. The summed E-state index contributed by atoms with van der Waals surface area (Å²) < 4.78 is 0. The third-order valence-corrected chi connectivity index (χ3v) is 2.74. The Bertz CT molecular complexity index is 136. The lowest BCUT2D eigenvalue weighted by molar-refractivity contribution is 0.212. The molecule has 0 saturated heterocycles. The maximum Gasteiger partial charge on any atom is 0.0584 e. The monoisotopic (exact) mass is 215 g/mol. The summed E-state index contributed by atoms with van der Waals surface area (Å²) in [4.78, 5) is 0. The van der Waals surface area contributed by atoms with E-state index in [1.54, 1.807) is 0 Å². The van der Waals surface area contributed by atoms with E-state index in [-0.39, 0.29) is 12.6 Å². The second-order valence-corrected chi connectivity index (χ2v) is 5.07. The zero-order valence-electron chi connectivity index (χ0n) is 10.9. The van der Waals surface area contributed by atoms with Gasteiger partial charge in [-0.15, -0.1) is 0 Å². The van der Waals surface area contributed by atoms with Crippen molar-refractivity contribution in [3.8, 4) is 0 Å². The molecule has 0 unspecified atom stereocenters. The predicted molar refractivity (Wildman–Crippen MR) is 67.1 cm³/mol. The molecule has 0 aliphatic rings. The van der Waals surface area contributed by atoms with Crippen LogP contribution in [-0.4, -0.2) is 23.8 Å². The van der Waals surface area contributed by atoms with Crippen molar-refractivity contribution in [1.82, 2.24) is 5.32 Å². The van der Waals surface area contributed by atoms with E-state index in [4.69, 9.17) is 0 Å². The molecule has 15 heavy (non-hydrogen) atoms. The fourth-order valence-corrected chi connectivity index (χ4v) is 1.95. The van der Waals surface area contributed by atoms with E-state index in [1.165, 1.54) is 25.7 Å². The molecule has 2 atom stereocenters. The standard InChI is InChI=1S/C13H29NO/c1-5-6-7-8-12(4)14-13(10-15)9-11(2)3/h11-15H,5-10H2,1-4H3/t12-,13+/m0/s1. The number of aliphatic hydroxyl groups excluding tert-OH is 1. The number of rotatable bonds is 9. The number of aliphatic hydroxyl groups is 1. The maximum atomic E-state index is 9.23. The van der Waals surface area contributed by atoms with Gasteiger partial charge in [0.25, 0.3) is 0 Å². The van der Waals surface area contributed by atoms with Gasteiger partial charge in [-0.2, -0.15) is 0 Å². The highest BCUT2D eigenvalue weighted by Gasteiger charge is 2.12. The van der Waals surface area contributed by atoms with Crippen LogP contribution >= 0.6 is 0 Å². The predicted octanol–water partition coefficient (Wildman–Crippen LogP) is 2.95. The van der Waals surface area contributed by atoms with Crippen LogP contribution < -0.4 is 5.32 Å². The minimum atomic E-state index is 0.260. The summed E-state index contributed by atoms with van der Waals surface area (Å²) in [6.07, 6.45) is 6.18. The van der Waals surface area contributed by atoms with E-state index in [0.29, 0.717) is 12.0 Å². The quantitative estimate of drug-likeness (QED) is 0.580. The van der Waals surface area contributed by atoms with Crippen molar-refractivity contribution in [2.45, 2.75) is 71.9 Å².